The number of hydrogen-bond donors (Lipinski definition) is 0. The van der Waals surface area contributed by atoms with Crippen molar-refractivity contribution in [3.8, 4) is 0 Å². The molecule has 0 N–H and O–H groups in total. The van der Waals surface area contributed by atoms with Crippen LogP contribution < -0.4 is 0 Å². The lowest BCUT2D eigenvalue weighted by Crippen LogP contribution is -1.93. The highest BCUT2D eigenvalue weighted by atomic mass is 16.1. The molecule has 0 bridgehead atoms. The Balaban J connectivity index is 2.22. The summed E-state index contributed by atoms with van der Waals surface area (Å²) in [5.74, 6) is -0.0419. The monoisotopic (exact) mass is 262 g/mol. The quantitative estimate of drug-likeness (QED) is 0.466. The molecule has 0 amide bonds. The van der Waals surface area contributed by atoms with E-state index in [0.29, 0.717) is 5.56 Å². The molecule has 0 radical (unpaired) electrons. The predicted molar refractivity (Wildman–Crippen MR) is 81.3 cm³/mol. The third kappa shape index (κ3) is 3.62. The first kappa shape index (κ1) is 13.7. The smallest absolute Gasteiger partial charge is 0.185 e. The minimum atomic E-state index is -0.0419. The van der Waals surface area contributed by atoms with Gasteiger partial charge in [0.05, 0.1) is 0 Å². The summed E-state index contributed by atoms with van der Waals surface area (Å²) >= 11 is 0. The second-order valence-corrected chi connectivity index (χ2v) is 4.19. The molecule has 0 fully saturated rings. The van der Waals surface area contributed by atoms with Crippen molar-refractivity contribution in [1.29, 1.82) is 0 Å². The van der Waals surface area contributed by atoms with Gasteiger partial charge >= 0.3 is 0 Å². The number of benzene rings is 2. The molecule has 2 aromatic rings. The number of allylic oxidation sites excluding steroid dienone is 2. The average molecular weight is 262 g/mol. The van der Waals surface area contributed by atoms with Crippen LogP contribution in [-0.4, -0.2) is 12.1 Å². The molecule has 20 heavy (non-hydrogen) atoms. The molecule has 2 heteroatoms. The zero-order valence-electron chi connectivity index (χ0n) is 10.9. The van der Waals surface area contributed by atoms with Gasteiger partial charge in [-0.3, -0.25) is 9.59 Å². The van der Waals surface area contributed by atoms with Gasteiger partial charge in [0.1, 0.15) is 6.29 Å². The van der Waals surface area contributed by atoms with Gasteiger partial charge in [-0.15, -0.1) is 0 Å². The Morgan fingerprint density at radius 3 is 2.05 bits per heavy atom. The average Bonchev–Trinajstić information content (AvgIpc) is 2.52. The van der Waals surface area contributed by atoms with E-state index < -0.39 is 0 Å². The molecule has 0 unspecified atom stereocenters. The minimum Gasteiger partial charge on any atom is -0.299 e. The number of rotatable bonds is 5. The third-order valence-corrected chi connectivity index (χ3v) is 2.82. The predicted octanol–water partition coefficient (Wildman–Crippen LogP) is 3.79. The lowest BCUT2D eigenvalue weighted by Gasteiger charge is -2.00. The van der Waals surface area contributed by atoms with Gasteiger partial charge in [0.2, 0.25) is 0 Å². The number of aldehydes is 1. The number of carbonyl (C=O) groups excluding carboxylic acids is 2. The van der Waals surface area contributed by atoms with Crippen LogP contribution in [0.2, 0.25) is 0 Å². The van der Waals surface area contributed by atoms with E-state index >= 15 is 0 Å². The SMILES string of the molecule is O=C/C=C/c1ccccc1/C=C/C(=O)c1ccccc1. The summed E-state index contributed by atoms with van der Waals surface area (Å²) < 4.78 is 0. The summed E-state index contributed by atoms with van der Waals surface area (Å²) in [5, 5.41) is 0. The largest absolute Gasteiger partial charge is 0.299 e. The van der Waals surface area contributed by atoms with Gasteiger partial charge < -0.3 is 0 Å². The fraction of sp³-hybridized carbons (Fsp3) is 0. The van der Waals surface area contributed by atoms with E-state index in [4.69, 9.17) is 0 Å². The van der Waals surface area contributed by atoms with Crippen molar-refractivity contribution in [2.75, 3.05) is 0 Å². The summed E-state index contributed by atoms with van der Waals surface area (Å²) in [6.45, 7) is 0. The van der Waals surface area contributed by atoms with Crippen molar-refractivity contribution < 1.29 is 9.59 Å². The van der Waals surface area contributed by atoms with Gasteiger partial charge in [-0.2, -0.15) is 0 Å². The third-order valence-electron chi connectivity index (χ3n) is 2.82. The van der Waals surface area contributed by atoms with Gasteiger partial charge in [0.15, 0.2) is 5.78 Å². The van der Waals surface area contributed by atoms with E-state index in [1.54, 1.807) is 30.4 Å². The molecule has 0 saturated heterocycles. The van der Waals surface area contributed by atoms with Crippen LogP contribution in [0.4, 0.5) is 0 Å². The summed E-state index contributed by atoms with van der Waals surface area (Å²) in [5.41, 5.74) is 2.45. The van der Waals surface area contributed by atoms with E-state index in [-0.39, 0.29) is 5.78 Å². The summed E-state index contributed by atoms with van der Waals surface area (Å²) in [4.78, 5) is 22.4. The van der Waals surface area contributed by atoms with Crippen LogP contribution >= 0.6 is 0 Å². The maximum Gasteiger partial charge on any atom is 0.185 e. The molecule has 0 atom stereocenters. The van der Waals surface area contributed by atoms with Gasteiger partial charge in [0, 0.05) is 5.56 Å². The summed E-state index contributed by atoms with van der Waals surface area (Å²) in [6.07, 6.45) is 7.20. The van der Waals surface area contributed by atoms with Gasteiger partial charge in [-0.25, -0.2) is 0 Å². The normalized spacial score (nSPS) is 11.0. The first-order valence-corrected chi connectivity index (χ1v) is 6.29. The van der Waals surface area contributed by atoms with E-state index in [2.05, 4.69) is 0 Å². The molecule has 2 nitrogen and oxygen atoms in total. The Kier molecular flexibility index (Phi) is 4.79. The molecule has 0 spiro atoms. The first-order valence-electron chi connectivity index (χ1n) is 6.29. The van der Waals surface area contributed by atoms with Crippen LogP contribution in [0.5, 0.6) is 0 Å². The maximum atomic E-state index is 12.0. The van der Waals surface area contributed by atoms with Crippen molar-refractivity contribution >= 4 is 24.2 Å². The van der Waals surface area contributed by atoms with E-state index in [9.17, 15) is 9.59 Å². The zero-order valence-corrected chi connectivity index (χ0v) is 10.9. The van der Waals surface area contributed by atoms with Crippen LogP contribution in [0, 0.1) is 0 Å². The molecule has 0 saturated carbocycles. The second-order valence-electron chi connectivity index (χ2n) is 4.19. The van der Waals surface area contributed by atoms with E-state index in [0.717, 1.165) is 17.4 Å². The van der Waals surface area contributed by atoms with Crippen molar-refractivity contribution in [2.45, 2.75) is 0 Å². The molecule has 98 valence electrons. The molecule has 0 aliphatic heterocycles. The Morgan fingerprint density at radius 2 is 1.40 bits per heavy atom. The lowest BCUT2D eigenvalue weighted by molar-refractivity contribution is -0.104. The highest BCUT2D eigenvalue weighted by Gasteiger charge is 2.00. The lowest BCUT2D eigenvalue weighted by atomic mass is 10.0. The van der Waals surface area contributed by atoms with Crippen molar-refractivity contribution in [3.63, 3.8) is 0 Å². The summed E-state index contributed by atoms with van der Waals surface area (Å²) in [6, 6.07) is 16.7. The molecule has 0 heterocycles. The zero-order chi connectivity index (χ0) is 14.2. The number of ketones is 1. The van der Waals surface area contributed by atoms with Crippen molar-refractivity contribution in [3.05, 3.63) is 83.4 Å². The Morgan fingerprint density at radius 1 is 0.800 bits per heavy atom. The Bertz CT molecular complexity index is 652. The molecule has 2 rings (SSSR count). The highest BCUT2D eigenvalue weighted by molar-refractivity contribution is 6.06. The Hall–Kier alpha value is -2.74. The fourth-order valence-electron chi connectivity index (χ4n) is 1.82. The first-order chi connectivity index (χ1) is 9.81. The molecular weight excluding hydrogens is 248 g/mol. The maximum absolute atomic E-state index is 12.0. The van der Waals surface area contributed by atoms with Gasteiger partial charge in [-0.1, -0.05) is 66.7 Å². The van der Waals surface area contributed by atoms with Crippen molar-refractivity contribution in [2.24, 2.45) is 0 Å². The van der Waals surface area contributed by atoms with E-state index in [1.807, 2.05) is 42.5 Å². The molecular formula is C18H14O2. The van der Waals surface area contributed by atoms with Crippen LogP contribution in [0.3, 0.4) is 0 Å². The van der Waals surface area contributed by atoms with Gasteiger partial charge in [0.25, 0.3) is 0 Å². The molecule has 0 aliphatic rings. The van der Waals surface area contributed by atoms with Crippen LogP contribution in [0.1, 0.15) is 21.5 Å². The second kappa shape index (κ2) is 7.00. The summed E-state index contributed by atoms with van der Waals surface area (Å²) in [7, 11) is 0. The van der Waals surface area contributed by atoms with Crippen LogP contribution in [0.25, 0.3) is 12.2 Å². The molecule has 2 aromatic carbocycles. The number of hydrogen-bond acceptors (Lipinski definition) is 2. The molecule has 0 aromatic heterocycles. The standard InChI is InChI=1S/C18H14O2/c19-14-6-11-15-7-4-5-8-16(15)12-13-18(20)17-9-2-1-3-10-17/h1-14H/b11-6+,13-12+. The van der Waals surface area contributed by atoms with Gasteiger partial charge in [-0.05, 0) is 23.3 Å². The minimum absolute atomic E-state index is 0.0419. The Labute approximate surface area is 118 Å². The number of carbonyl (C=O) groups is 2. The fourth-order valence-corrected chi connectivity index (χ4v) is 1.82. The molecule has 0 aliphatic carbocycles. The highest BCUT2D eigenvalue weighted by Crippen LogP contribution is 2.13. The van der Waals surface area contributed by atoms with Crippen LogP contribution in [-0.2, 0) is 4.79 Å². The van der Waals surface area contributed by atoms with Crippen molar-refractivity contribution in [1.82, 2.24) is 0 Å². The van der Waals surface area contributed by atoms with Crippen LogP contribution in [0.15, 0.2) is 66.7 Å². The topological polar surface area (TPSA) is 34.1 Å². The van der Waals surface area contributed by atoms with E-state index in [1.165, 1.54) is 6.08 Å².